The molecule has 2 rings (SSSR count). The molecule has 0 aromatic heterocycles. The molecule has 0 fully saturated rings. The number of alkyl halides is 3. The smallest absolute Gasteiger partial charge is 0.431 e. The zero-order chi connectivity index (χ0) is 17.2. The average Bonchev–Trinajstić information content (AvgIpc) is 2.46. The highest BCUT2D eigenvalue weighted by Gasteiger charge is 2.44. The number of thiocarbonyl (C=S) groups is 1. The first kappa shape index (κ1) is 17.6. The molecule has 1 heterocycles. The minimum atomic E-state index is -4.78. The first-order valence-electron chi connectivity index (χ1n) is 6.55. The van der Waals surface area contributed by atoms with Gasteiger partial charge in [-0.05, 0) is 36.8 Å². The Morgan fingerprint density at radius 2 is 1.96 bits per heavy atom. The van der Waals surface area contributed by atoms with Gasteiger partial charge in [-0.2, -0.15) is 13.2 Å². The van der Waals surface area contributed by atoms with Crippen LogP contribution in [0.25, 0.3) is 0 Å². The SMILES string of the molecule is CCOC(=O)C1=C(C(F)(F)F)NC(=S)N[C@@H]1c1ccc(Cl)cc1. The van der Waals surface area contributed by atoms with Gasteiger partial charge < -0.3 is 15.4 Å². The Morgan fingerprint density at radius 1 is 1.35 bits per heavy atom. The van der Waals surface area contributed by atoms with E-state index in [1.807, 2.05) is 5.32 Å². The number of ether oxygens (including phenoxy) is 1. The predicted molar refractivity (Wildman–Crippen MR) is 82.8 cm³/mol. The van der Waals surface area contributed by atoms with Crippen molar-refractivity contribution in [3.63, 3.8) is 0 Å². The summed E-state index contributed by atoms with van der Waals surface area (Å²) in [5.74, 6) is -1.07. The lowest BCUT2D eigenvalue weighted by Gasteiger charge is -2.31. The van der Waals surface area contributed by atoms with E-state index >= 15 is 0 Å². The Labute approximate surface area is 140 Å². The van der Waals surface area contributed by atoms with Gasteiger partial charge >= 0.3 is 12.1 Å². The van der Waals surface area contributed by atoms with Crippen LogP contribution in [0.1, 0.15) is 18.5 Å². The summed E-state index contributed by atoms with van der Waals surface area (Å²) in [6.45, 7) is 1.46. The second-order valence-corrected chi connectivity index (χ2v) is 5.43. The summed E-state index contributed by atoms with van der Waals surface area (Å²) >= 11 is 10.6. The van der Waals surface area contributed by atoms with Gasteiger partial charge in [0.1, 0.15) is 5.70 Å². The maximum Gasteiger partial charge on any atom is 0.431 e. The zero-order valence-electron chi connectivity index (χ0n) is 11.8. The van der Waals surface area contributed by atoms with Crippen LogP contribution in [-0.2, 0) is 9.53 Å². The molecular formula is C14H12ClF3N2O2S. The molecule has 0 aliphatic carbocycles. The fourth-order valence-electron chi connectivity index (χ4n) is 2.12. The molecule has 1 aromatic rings. The topological polar surface area (TPSA) is 50.4 Å². The van der Waals surface area contributed by atoms with Crippen molar-refractivity contribution in [2.45, 2.75) is 19.1 Å². The number of esters is 1. The Kier molecular flexibility index (Phi) is 5.16. The quantitative estimate of drug-likeness (QED) is 0.637. The van der Waals surface area contributed by atoms with E-state index in [2.05, 4.69) is 5.32 Å². The fourth-order valence-corrected chi connectivity index (χ4v) is 2.47. The van der Waals surface area contributed by atoms with Crippen molar-refractivity contribution in [1.29, 1.82) is 0 Å². The first-order valence-corrected chi connectivity index (χ1v) is 7.34. The lowest BCUT2D eigenvalue weighted by Crippen LogP contribution is -2.49. The molecule has 0 radical (unpaired) electrons. The summed E-state index contributed by atoms with van der Waals surface area (Å²) in [5.41, 5.74) is -1.39. The van der Waals surface area contributed by atoms with Gasteiger partial charge in [0.2, 0.25) is 0 Å². The molecule has 1 atom stereocenters. The van der Waals surface area contributed by atoms with Gasteiger partial charge in [-0.15, -0.1) is 0 Å². The predicted octanol–water partition coefficient (Wildman–Crippen LogP) is 3.24. The Balaban J connectivity index is 2.59. The highest BCUT2D eigenvalue weighted by molar-refractivity contribution is 7.80. The van der Waals surface area contributed by atoms with Gasteiger partial charge in [0.15, 0.2) is 5.11 Å². The summed E-state index contributed by atoms with van der Waals surface area (Å²) in [4.78, 5) is 12.1. The van der Waals surface area contributed by atoms with Crippen LogP contribution in [0.3, 0.4) is 0 Å². The highest BCUT2D eigenvalue weighted by Crippen LogP contribution is 2.35. The molecule has 9 heteroatoms. The average molecular weight is 365 g/mol. The second kappa shape index (κ2) is 6.76. The van der Waals surface area contributed by atoms with Crippen LogP contribution in [0.2, 0.25) is 5.02 Å². The number of carbonyl (C=O) groups excluding carboxylic acids is 1. The van der Waals surface area contributed by atoms with E-state index in [0.717, 1.165) is 0 Å². The van der Waals surface area contributed by atoms with E-state index in [1.165, 1.54) is 31.2 Å². The van der Waals surface area contributed by atoms with E-state index < -0.39 is 29.5 Å². The van der Waals surface area contributed by atoms with Crippen LogP contribution in [-0.4, -0.2) is 23.9 Å². The molecule has 0 saturated carbocycles. The minimum Gasteiger partial charge on any atom is -0.463 e. The summed E-state index contributed by atoms with van der Waals surface area (Å²) in [7, 11) is 0. The van der Waals surface area contributed by atoms with Crippen LogP contribution in [0.5, 0.6) is 0 Å². The van der Waals surface area contributed by atoms with Gasteiger partial charge in [-0.3, -0.25) is 0 Å². The van der Waals surface area contributed by atoms with Crippen molar-refractivity contribution >= 4 is 34.9 Å². The summed E-state index contributed by atoms with van der Waals surface area (Å²) < 4.78 is 44.6. The zero-order valence-corrected chi connectivity index (χ0v) is 13.4. The Morgan fingerprint density at radius 3 is 2.48 bits per heavy atom. The number of carbonyl (C=O) groups is 1. The molecule has 0 saturated heterocycles. The van der Waals surface area contributed by atoms with Crippen molar-refractivity contribution in [3.8, 4) is 0 Å². The molecule has 0 bridgehead atoms. The summed E-state index contributed by atoms with van der Waals surface area (Å²) in [6, 6.07) is 4.97. The highest BCUT2D eigenvalue weighted by atomic mass is 35.5. The third-order valence-corrected chi connectivity index (χ3v) is 3.53. The maximum atomic E-state index is 13.3. The van der Waals surface area contributed by atoms with Crippen molar-refractivity contribution < 1.29 is 22.7 Å². The number of hydrogen-bond acceptors (Lipinski definition) is 3. The summed E-state index contributed by atoms with van der Waals surface area (Å²) in [5, 5.41) is 4.86. The number of allylic oxidation sites excluding steroid dienone is 1. The van der Waals surface area contributed by atoms with Crippen LogP contribution >= 0.6 is 23.8 Å². The van der Waals surface area contributed by atoms with Gasteiger partial charge in [0, 0.05) is 5.02 Å². The number of nitrogens with one attached hydrogen (secondary N) is 2. The fraction of sp³-hybridized carbons (Fsp3) is 0.286. The molecule has 1 aliphatic heterocycles. The minimum absolute atomic E-state index is 0.0503. The van der Waals surface area contributed by atoms with Crippen molar-refractivity contribution in [1.82, 2.24) is 10.6 Å². The van der Waals surface area contributed by atoms with E-state index in [1.54, 1.807) is 0 Å². The third kappa shape index (κ3) is 3.94. The van der Waals surface area contributed by atoms with Crippen LogP contribution in [0.15, 0.2) is 35.5 Å². The lowest BCUT2D eigenvalue weighted by molar-refractivity contribution is -0.140. The van der Waals surface area contributed by atoms with E-state index in [9.17, 15) is 18.0 Å². The van der Waals surface area contributed by atoms with Crippen LogP contribution in [0.4, 0.5) is 13.2 Å². The molecule has 0 unspecified atom stereocenters. The number of halogens is 4. The van der Waals surface area contributed by atoms with Crippen molar-refractivity contribution in [3.05, 3.63) is 46.1 Å². The van der Waals surface area contributed by atoms with Gasteiger partial charge in [0.05, 0.1) is 18.2 Å². The largest absolute Gasteiger partial charge is 0.463 e. The normalized spacial score (nSPS) is 18.3. The number of benzene rings is 1. The van der Waals surface area contributed by atoms with E-state index in [4.69, 9.17) is 28.6 Å². The number of hydrogen-bond donors (Lipinski definition) is 2. The molecule has 2 N–H and O–H groups in total. The molecule has 23 heavy (non-hydrogen) atoms. The Hall–Kier alpha value is -1.80. The molecule has 1 aliphatic rings. The lowest BCUT2D eigenvalue weighted by atomic mass is 9.95. The van der Waals surface area contributed by atoms with Gasteiger partial charge in [-0.1, -0.05) is 23.7 Å². The first-order chi connectivity index (χ1) is 10.7. The molecule has 1 aromatic carbocycles. The van der Waals surface area contributed by atoms with Crippen LogP contribution < -0.4 is 10.6 Å². The van der Waals surface area contributed by atoms with E-state index in [-0.39, 0.29) is 11.7 Å². The molecule has 124 valence electrons. The van der Waals surface area contributed by atoms with Crippen molar-refractivity contribution in [2.75, 3.05) is 6.61 Å². The van der Waals surface area contributed by atoms with Gasteiger partial charge in [0.25, 0.3) is 0 Å². The molecule has 0 spiro atoms. The van der Waals surface area contributed by atoms with Crippen LogP contribution in [0, 0.1) is 0 Å². The van der Waals surface area contributed by atoms with Gasteiger partial charge in [-0.25, -0.2) is 4.79 Å². The monoisotopic (exact) mass is 364 g/mol. The Bertz CT molecular complexity index is 659. The van der Waals surface area contributed by atoms with E-state index in [0.29, 0.717) is 10.6 Å². The molecule has 4 nitrogen and oxygen atoms in total. The summed E-state index contributed by atoms with van der Waals surface area (Å²) in [6.07, 6.45) is -4.78. The van der Waals surface area contributed by atoms with Crippen molar-refractivity contribution in [2.24, 2.45) is 0 Å². The standard InChI is InChI=1S/C14H12ClF3N2O2S/c1-2-22-12(21)9-10(7-3-5-8(15)6-4-7)19-13(23)20-11(9)14(16,17)18/h3-6,10H,2H2,1H3,(H2,19,20,23)/t10-/m1/s1. The maximum absolute atomic E-state index is 13.3. The second-order valence-electron chi connectivity index (χ2n) is 4.59. The molecule has 0 amide bonds. The molecular weight excluding hydrogens is 353 g/mol. The third-order valence-electron chi connectivity index (χ3n) is 3.05. The number of rotatable bonds is 3.